The van der Waals surface area contributed by atoms with Crippen molar-refractivity contribution in [2.24, 2.45) is 0 Å². The van der Waals surface area contributed by atoms with Gasteiger partial charge in [0.25, 0.3) is 10.0 Å². The summed E-state index contributed by atoms with van der Waals surface area (Å²) in [4.78, 5) is 14.1. The standard InChI is InChI=1S/C19H21FN2O3S/c1-14-4-10-18(11-5-14)26(24,25)21-19(23)22-12-2-3-17(22)13-15-6-8-16(20)9-7-15/h4-11,17H,2-3,12-13H2,1H3,(H,21,23). The molecular weight excluding hydrogens is 355 g/mol. The number of carbonyl (C=O) groups is 1. The van der Waals surface area contributed by atoms with Crippen LogP contribution in [0.2, 0.25) is 0 Å². The van der Waals surface area contributed by atoms with Crippen LogP contribution in [-0.2, 0) is 16.4 Å². The second-order valence-electron chi connectivity index (χ2n) is 6.54. The average molecular weight is 376 g/mol. The fraction of sp³-hybridized carbons (Fsp3) is 0.316. The van der Waals surface area contributed by atoms with Crippen LogP contribution < -0.4 is 4.72 Å². The monoisotopic (exact) mass is 376 g/mol. The lowest BCUT2D eigenvalue weighted by Crippen LogP contribution is -2.45. The molecule has 0 spiro atoms. The summed E-state index contributed by atoms with van der Waals surface area (Å²) in [5, 5.41) is 0. The molecule has 0 bridgehead atoms. The number of amides is 2. The average Bonchev–Trinajstić information content (AvgIpc) is 3.05. The van der Waals surface area contributed by atoms with E-state index in [2.05, 4.69) is 4.72 Å². The molecule has 0 radical (unpaired) electrons. The largest absolute Gasteiger partial charge is 0.331 e. The molecular formula is C19H21FN2O3S. The van der Waals surface area contributed by atoms with E-state index in [4.69, 9.17) is 0 Å². The first-order valence-electron chi connectivity index (χ1n) is 8.50. The number of aryl methyl sites for hydroxylation is 1. The van der Waals surface area contributed by atoms with E-state index in [0.717, 1.165) is 24.0 Å². The Morgan fingerprint density at radius 1 is 1.15 bits per heavy atom. The van der Waals surface area contributed by atoms with Crippen molar-refractivity contribution in [3.05, 3.63) is 65.5 Å². The van der Waals surface area contributed by atoms with Gasteiger partial charge in [0.05, 0.1) is 4.90 Å². The van der Waals surface area contributed by atoms with Crippen LogP contribution in [0.1, 0.15) is 24.0 Å². The van der Waals surface area contributed by atoms with E-state index in [1.165, 1.54) is 24.3 Å². The first kappa shape index (κ1) is 18.4. The zero-order valence-corrected chi connectivity index (χ0v) is 15.3. The van der Waals surface area contributed by atoms with Crippen molar-refractivity contribution in [1.82, 2.24) is 9.62 Å². The topological polar surface area (TPSA) is 66.5 Å². The lowest BCUT2D eigenvalue weighted by Gasteiger charge is -2.25. The molecule has 138 valence electrons. The van der Waals surface area contributed by atoms with Crippen molar-refractivity contribution in [1.29, 1.82) is 0 Å². The number of rotatable bonds is 4. The molecule has 1 fully saturated rings. The summed E-state index contributed by atoms with van der Waals surface area (Å²) in [7, 11) is -3.91. The molecule has 1 N–H and O–H groups in total. The molecule has 26 heavy (non-hydrogen) atoms. The third-order valence-corrected chi connectivity index (χ3v) is 5.91. The number of sulfonamides is 1. The first-order valence-corrected chi connectivity index (χ1v) is 9.98. The van der Waals surface area contributed by atoms with Gasteiger partial charge in [-0.2, -0.15) is 0 Å². The maximum absolute atomic E-state index is 13.0. The zero-order chi connectivity index (χ0) is 18.7. The smallest absolute Gasteiger partial charge is 0.321 e. The molecule has 2 aromatic carbocycles. The third kappa shape index (κ3) is 4.22. The highest BCUT2D eigenvalue weighted by molar-refractivity contribution is 7.90. The van der Waals surface area contributed by atoms with Gasteiger partial charge in [-0.25, -0.2) is 22.3 Å². The van der Waals surface area contributed by atoms with E-state index in [1.807, 2.05) is 6.92 Å². The molecule has 5 nitrogen and oxygen atoms in total. The predicted octanol–water partition coefficient (Wildman–Crippen LogP) is 3.24. The van der Waals surface area contributed by atoms with E-state index < -0.39 is 16.1 Å². The number of hydrogen-bond donors (Lipinski definition) is 1. The van der Waals surface area contributed by atoms with Gasteiger partial charge in [-0.1, -0.05) is 29.8 Å². The number of hydrogen-bond acceptors (Lipinski definition) is 3. The Bertz CT molecular complexity index is 880. The Kier molecular flexibility index (Phi) is 5.27. The molecule has 2 aromatic rings. The number of benzene rings is 2. The normalized spacial score (nSPS) is 17.3. The van der Waals surface area contributed by atoms with Crippen molar-refractivity contribution in [2.75, 3.05) is 6.54 Å². The fourth-order valence-corrected chi connectivity index (χ4v) is 4.12. The minimum atomic E-state index is -3.91. The summed E-state index contributed by atoms with van der Waals surface area (Å²) in [5.41, 5.74) is 1.85. The zero-order valence-electron chi connectivity index (χ0n) is 14.5. The molecule has 0 aromatic heterocycles. The number of likely N-dealkylation sites (tertiary alicyclic amines) is 1. The van der Waals surface area contributed by atoms with E-state index in [0.29, 0.717) is 13.0 Å². The third-order valence-electron chi connectivity index (χ3n) is 4.58. The maximum Gasteiger partial charge on any atom is 0.331 e. The molecule has 1 aliphatic heterocycles. The summed E-state index contributed by atoms with van der Waals surface area (Å²) in [5.74, 6) is -0.307. The van der Waals surface area contributed by atoms with Gasteiger partial charge in [0, 0.05) is 12.6 Å². The molecule has 7 heteroatoms. The first-order chi connectivity index (χ1) is 12.3. The van der Waals surface area contributed by atoms with Crippen LogP contribution in [0, 0.1) is 12.7 Å². The second-order valence-corrected chi connectivity index (χ2v) is 8.23. The van der Waals surface area contributed by atoms with E-state index >= 15 is 0 Å². The van der Waals surface area contributed by atoms with E-state index in [9.17, 15) is 17.6 Å². The Hall–Kier alpha value is -2.41. The van der Waals surface area contributed by atoms with Gasteiger partial charge in [-0.05, 0) is 56.0 Å². The molecule has 1 aliphatic rings. The van der Waals surface area contributed by atoms with Crippen molar-refractivity contribution in [3.63, 3.8) is 0 Å². The Balaban J connectivity index is 1.69. The second kappa shape index (κ2) is 7.45. The molecule has 0 aliphatic carbocycles. The van der Waals surface area contributed by atoms with Gasteiger partial charge in [-0.3, -0.25) is 0 Å². The van der Waals surface area contributed by atoms with Gasteiger partial charge in [-0.15, -0.1) is 0 Å². The number of halogens is 1. The van der Waals surface area contributed by atoms with E-state index in [1.54, 1.807) is 29.2 Å². The minimum Gasteiger partial charge on any atom is -0.321 e. The Morgan fingerprint density at radius 3 is 2.46 bits per heavy atom. The summed E-state index contributed by atoms with van der Waals surface area (Å²) in [6, 6.07) is 11.8. The summed E-state index contributed by atoms with van der Waals surface area (Å²) in [6.45, 7) is 2.36. The van der Waals surface area contributed by atoms with Crippen LogP contribution in [0.3, 0.4) is 0 Å². The number of nitrogens with one attached hydrogen (secondary N) is 1. The van der Waals surface area contributed by atoms with Crippen LogP contribution in [-0.4, -0.2) is 31.9 Å². The van der Waals surface area contributed by atoms with Crippen molar-refractivity contribution in [2.45, 2.75) is 37.1 Å². The van der Waals surface area contributed by atoms with Gasteiger partial charge in [0.15, 0.2) is 0 Å². The van der Waals surface area contributed by atoms with Crippen molar-refractivity contribution < 1.29 is 17.6 Å². The van der Waals surface area contributed by atoms with Crippen molar-refractivity contribution >= 4 is 16.1 Å². The molecule has 1 saturated heterocycles. The van der Waals surface area contributed by atoms with Crippen LogP contribution in [0.5, 0.6) is 0 Å². The predicted molar refractivity (Wildman–Crippen MR) is 96.7 cm³/mol. The summed E-state index contributed by atoms with van der Waals surface area (Å²) >= 11 is 0. The Morgan fingerprint density at radius 2 is 1.81 bits per heavy atom. The molecule has 1 unspecified atom stereocenters. The lowest BCUT2D eigenvalue weighted by atomic mass is 10.0. The summed E-state index contributed by atoms with van der Waals surface area (Å²) < 4.78 is 40.0. The van der Waals surface area contributed by atoms with Gasteiger partial charge in [0.1, 0.15) is 5.82 Å². The number of carbonyl (C=O) groups excluding carboxylic acids is 1. The maximum atomic E-state index is 13.0. The quantitative estimate of drug-likeness (QED) is 0.891. The van der Waals surface area contributed by atoms with Gasteiger partial charge < -0.3 is 4.90 Å². The highest BCUT2D eigenvalue weighted by Gasteiger charge is 2.31. The van der Waals surface area contributed by atoms with Crippen LogP contribution >= 0.6 is 0 Å². The molecule has 3 rings (SSSR count). The summed E-state index contributed by atoms with van der Waals surface area (Å²) in [6.07, 6.45) is 2.16. The molecule has 1 atom stereocenters. The van der Waals surface area contributed by atoms with Crippen molar-refractivity contribution in [3.8, 4) is 0 Å². The fourth-order valence-electron chi connectivity index (χ4n) is 3.16. The van der Waals surface area contributed by atoms with E-state index in [-0.39, 0.29) is 16.8 Å². The highest BCUT2D eigenvalue weighted by Crippen LogP contribution is 2.22. The van der Waals surface area contributed by atoms with Gasteiger partial charge >= 0.3 is 6.03 Å². The Labute approximate surface area is 152 Å². The molecule has 1 heterocycles. The SMILES string of the molecule is Cc1ccc(S(=O)(=O)NC(=O)N2CCCC2Cc2ccc(F)cc2)cc1. The lowest BCUT2D eigenvalue weighted by molar-refractivity contribution is 0.198. The van der Waals surface area contributed by atoms with Crippen LogP contribution in [0.25, 0.3) is 0 Å². The van der Waals surface area contributed by atoms with Gasteiger partial charge in [0.2, 0.25) is 0 Å². The molecule has 2 amide bonds. The molecule has 0 saturated carbocycles. The highest BCUT2D eigenvalue weighted by atomic mass is 32.2. The van der Waals surface area contributed by atoms with Crippen LogP contribution in [0.15, 0.2) is 53.4 Å². The number of urea groups is 1. The van der Waals surface area contributed by atoms with Crippen LogP contribution in [0.4, 0.5) is 9.18 Å². The number of nitrogens with zero attached hydrogens (tertiary/aromatic N) is 1. The minimum absolute atomic E-state index is 0.0609.